The molecule has 0 aliphatic carbocycles. The summed E-state index contributed by atoms with van der Waals surface area (Å²) in [7, 11) is 0. The topological polar surface area (TPSA) is 47.3 Å². The molecule has 2 fully saturated rings. The molecule has 0 aromatic heterocycles. The zero-order chi connectivity index (χ0) is 11.1. The number of anilines is 2. The standard InChI is InChI=1S/C13H18N2O/c1-8-4-9(14)6-10(5-8)15-12-7-11-2-3-13(12)16-11/h4-6,11-13,15H,2-3,7,14H2,1H3. The molecule has 0 radical (unpaired) electrons. The average molecular weight is 218 g/mol. The van der Waals surface area contributed by atoms with Gasteiger partial charge in [0.25, 0.3) is 0 Å². The van der Waals surface area contributed by atoms with E-state index in [1.54, 1.807) is 0 Å². The van der Waals surface area contributed by atoms with E-state index < -0.39 is 0 Å². The molecule has 2 aliphatic heterocycles. The van der Waals surface area contributed by atoms with Crippen molar-refractivity contribution >= 4 is 11.4 Å². The van der Waals surface area contributed by atoms with Crippen molar-refractivity contribution in [2.75, 3.05) is 11.1 Å². The second kappa shape index (κ2) is 3.67. The van der Waals surface area contributed by atoms with Gasteiger partial charge < -0.3 is 15.8 Å². The highest BCUT2D eigenvalue weighted by Crippen LogP contribution is 2.36. The SMILES string of the molecule is Cc1cc(N)cc(NC2CC3CCC2O3)c1. The van der Waals surface area contributed by atoms with Gasteiger partial charge in [0, 0.05) is 11.4 Å². The first-order chi connectivity index (χ1) is 7.70. The Morgan fingerprint density at radius 2 is 2.19 bits per heavy atom. The van der Waals surface area contributed by atoms with Crippen molar-refractivity contribution in [3.63, 3.8) is 0 Å². The number of hydrogen-bond acceptors (Lipinski definition) is 3. The Morgan fingerprint density at radius 1 is 1.31 bits per heavy atom. The Kier molecular flexibility index (Phi) is 2.28. The third kappa shape index (κ3) is 1.76. The van der Waals surface area contributed by atoms with E-state index in [-0.39, 0.29) is 0 Å². The maximum Gasteiger partial charge on any atom is 0.0781 e. The fraction of sp³-hybridized carbons (Fsp3) is 0.538. The van der Waals surface area contributed by atoms with Crippen LogP contribution in [0.4, 0.5) is 11.4 Å². The zero-order valence-electron chi connectivity index (χ0n) is 9.57. The molecule has 0 spiro atoms. The van der Waals surface area contributed by atoms with E-state index in [9.17, 15) is 0 Å². The van der Waals surface area contributed by atoms with Gasteiger partial charge in [-0.25, -0.2) is 0 Å². The molecule has 3 rings (SSSR count). The minimum absolute atomic E-state index is 0.409. The summed E-state index contributed by atoms with van der Waals surface area (Å²) in [6, 6.07) is 6.60. The van der Waals surface area contributed by atoms with Crippen molar-refractivity contribution < 1.29 is 4.74 Å². The predicted molar refractivity (Wildman–Crippen MR) is 65.5 cm³/mol. The number of nitrogens with one attached hydrogen (secondary N) is 1. The smallest absolute Gasteiger partial charge is 0.0781 e. The highest BCUT2D eigenvalue weighted by Gasteiger charge is 2.40. The first-order valence-electron chi connectivity index (χ1n) is 6.00. The maximum absolute atomic E-state index is 5.84. The highest BCUT2D eigenvalue weighted by molar-refractivity contribution is 5.57. The Bertz CT molecular complexity index is 385. The van der Waals surface area contributed by atoms with E-state index in [1.165, 1.54) is 18.4 Å². The summed E-state index contributed by atoms with van der Waals surface area (Å²) in [4.78, 5) is 0. The van der Waals surface area contributed by atoms with Gasteiger partial charge in [-0.2, -0.15) is 0 Å². The summed E-state index contributed by atoms with van der Waals surface area (Å²) in [5.41, 5.74) is 8.99. The molecule has 0 saturated carbocycles. The number of rotatable bonds is 2. The lowest BCUT2D eigenvalue weighted by Crippen LogP contribution is -2.30. The first kappa shape index (κ1) is 9.97. The molecule has 2 bridgehead atoms. The van der Waals surface area contributed by atoms with E-state index in [2.05, 4.69) is 18.3 Å². The van der Waals surface area contributed by atoms with Crippen LogP contribution < -0.4 is 11.1 Å². The lowest BCUT2D eigenvalue weighted by molar-refractivity contribution is 0.102. The van der Waals surface area contributed by atoms with Gasteiger partial charge in [0.15, 0.2) is 0 Å². The maximum atomic E-state index is 5.84. The third-order valence-electron chi connectivity index (χ3n) is 3.56. The first-order valence-corrected chi connectivity index (χ1v) is 6.00. The van der Waals surface area contributed by atoms with Crippen LogP contribution in [0.1, 0.15) is 24.8 Å². The lowest BCUT2D eigenvalue weighted by Gasteiger charge is -2.21. The number of nitrogens with two attached hydrogens (primary N) is 1. The quantitative estimate of drug-likeness (QED) is 0.749. The van der Waals surface area contributed by atoms with E-state index >= 15 is 0 Å². The number of aryl methyl sites for hydroxylation is 1. The molecule has 86 valence electrons. The van der Waals surface area contributed by atoms with Crippen LogP contribution in [0.15, 0.2) is 18.2 Å². The molecule has 3 unspecified atom stereocenters. The molecule has 3 heteroatoms. The molecule has 16 heavy (non-hydrogen) atoms. The average Bonchev–Trinajstić information content (AvgIpc) is 2.77. The fourth-order valence-electron chi connectivity index (χ4n) is 2.90. The second-order valence-corrected chi connectivity index (χ2v) is 4.99. The lowest BCUT2D eigenvalue weighted by atomic mass is 9.95. The van der Waals surface area contributed by atoms with Crippen molar-refractivity contribution in [3.8, 4) is 0 Å². The Morgan fingerprint density at radius 3 is 2.81 bits per heavy atom. The Hall–Kier alpha value is -1.22. The Labute approximate surface area is 96.0 Å². The number of benzene rings is 1. The minimum atomic E-state index is 0.409. The third-order valence-corrected chi connectivity index (χ3v) is 3.56. The largest absolute Gasteiger partial charge is 0.399 e. The molecular formula is C13H18N2O. The molecule has 3 atom stereocenters. The van der Waals surface area contributed by atoms with Crippen LogP contribution in [-0.2, 0) is 4.74 Å². The molecule has 3 N–H and O–H groups in total. The van der Waals surface area contributed by atoms with Gasteiger partial charge in [0.05, 0.1) is 18.2 Å². The molecular weight excluding hydrogens is 200 g/mol. The minimum Gasteiger partial charge on any atom is -0.399 e. The summed E-state index contributed by atoms with van der Waals surface area (Å²) >= 11 is 0. The van der Waals surface area contributed by atoms with Crippen LogP contribution in [0.5, 0.6) is 0 Å². The van der Waals surface area contributed by atoms with E-state index in [0.29, 0.717) is 18.2 Å². The predicted octanol–water partition coefficient (Wildman–Crippen LogP) is 2.31. The van der Waals surface area contributed by atoms with Crippen LogP contribution in [0.2, 0.25) is 0 Å². The monoisotopic (exact) mass is 218 g/mol. The van der Waals surface area contributed by atoms with Crippen LogP contribution in [-0.4, -0.2) is 18.2 Å². The van der Waals surface area contributed by atoms with Gasteiger partial charge >= 0.3 is 0 Å². The van der Waals surface area contributed by atoms with Gasteiger partial charge in [-0.3, -0.25) is 0 Å². The molecule has 2 heterocycles. The van der Waals surface area contributed by atoms with Gasteiger partial charge in [-0.1, -0.05) is 0 Å². The number of nitrogen functional groups attached to an aromatic ring is 1. The van der Waals surface area contributed by atoms with Gasteiger partial charge in [0.2, 0.25) is 0 Å². The highest BCUT2D eigenvalue weighted by atomic mass is 16.5. The molecule has 0 amide bonds. The summed E-state index contributed by atoms with van der Waals surface area (Å²) < 4.78 is 5.82. The molecule has 1 aromatic carbocycles. The zero-order valence-corrected chi connectivity index (χ0v) is 9.57. The van der Waals surface area contributed by atoms with Crippen molar-refractivity contribution in [2.24, 2.45) is 0 Å². The van der Waals surface area contributed by atoms with E-state index in [4.69, 9.17) is 10.5 Å². The van der Waals surface area contributed by atoms with E-state index in [0.717, 1.165) is 17.8 Å². The van der Waals surface area contributed by atoms with Crippen LogP contribution in [0, 0.1) is 6.92 Å². The molecule has 2 aliphatic rings. The van der Waals surface area contributed by atoms with Gasteiger partial charge in [-0.15, -0.1) is 0 Å². The summed E-state index contributed by atoms with van der Waals surface area (Å²) in [6.07, 6.45) is 4.47. The fourth-order valence-corrected chi connectivity index (χ4v) is 2.90. The van der Waals surface area contributed by atoms with Gasteiger partial charge in [-0.05, 0) is 49.9 Å². The normalized spacial score (nSPS) is 31.9. The second-order valence-electron chi connectivity index (χ2n) is 4.99. The van der Waals surface area contributed by atoms with Crippen LogP contribution >= 0.6 is 0 Å². The summed E-state index contributed by atoms with van der Waals surface area (Å²) in [6.45, 7) is 2.07. The van der Waals surface area contributed by atoms with Crippen LogP contribution in [0.3, 0.4) is 0 Å². The number of fused-ring (bicyclic) bond motifs is 2. The summed E-state index contributed by atoms with van der Waals surface area (Å²) in [5.74, 6) is 0. The van der Waals surface area contributed by atoms with E-state index in [1.807, 2.05) is 12.1 Å². The van der Waals surface area contributed by atoms with Gasteiger partial charge in [0.1, 0.15) is 0 Å². The molecule has 1 aromatic rings. The van der Waals surface area contributed by atoms with Crippen LogP contribution in [0.25, 0.3) is 0 Å². The van der Waals surface area contributed by atoms with Crippen molar-refractivity contribution in [1.29, 1.82) is 0 Å². The number of ether oxygens (including phenoxy) is 1. The van der Waals surface area contributed by atoms with Crippen molar-refractivity contribution in [1.82, 2.24) is 0 Å². The van der Waals surface area contributed by atoms with Crippen molar-refractivity contribution in [2.45, 2.75) is 44.4 Å². The summed E-state index contributed by atoms with van der Waals surface area (Å²) in [5, 5.41) is 3.55. The Balaban J connectivity index is 1.74. The molecule has 3 nitrogen and oxygen atoms in total. The van der Waals surface area contributed by atoms with Crippen molar-refractivity contribution in [3.05, 3.63) is 23.8 Å². The molecule has 2 saturated heterocycles. The number of hydrogen-bond donors (Lipinski definition) is 2.